The predicted molar refractivity (Wildman–Crippen MR) is 99.1 cm³/mol. The molecule has 0 saturated carbocycles. The van der Waals surface area contributed by atoms with Gasteiger partial charge < -0.3 is 5.32 Å². The van der Waals surface area contributed by atoms with Crippen molar-refractivity contribution in [3.05, 3.63) is 64.7 Å². The quantitative estimate of drug-likeness (QED) is 0.666. The summed E-state index contributed by atoms with van der Waals surface area (Å²) in [4.78, 5) is 14.7. The third kappa shape index (κ3) is 4.24. The van der Waals surface area contributed by atoms with Gasteiger partial charge in [-0.15, -0.1) is 11.3 Å². The van der Waals surface area contributed by atoms with Crippen molar-refractivity contribution in [3.8, 4) is 10.6 Å². The smallest absolute Gasteiger partial charge is 0.124 e. The largest absolute Gasteiger partial charge is 0.311 e. The molecule has 0 fully saturated rings. The molecule has 1 N–H and O–H groups in total. The van der Waals surface area contributed by atoms with Gasteiger partial charge in [0.15, 0.2) is 0 Å². The summed E-state index contributed by atoms with van der Waals surface area (Å²) in [5.41, 5.74) is 4.50. The molecule has 3 aromatic rings. The van der Waals surface area contributed by atoms with Gasteiger partial charge >= 0.3 is 0 Å². The first-order valence-corrected chi connectivity index (χ1v) is 9.10. The molecule has 0 bridgehead atoms. The summed E-state index contributed by atoms with van der Waals surface area (Å²) in [5, 5.41) is 4.57. The zero-order valence-corrected chi connectivity index (χ0v) is 14.9. The van der Waals surface area contributed by atoms with Crippen LogP contribution < -0.4 is 5.32 Å². The normalized spacial score (nSPS) is 10.9. The predicted octanol–water partition coefficient (Wildman–Crippen LogP) is 3.80. The van der Waals surface area contributed by atoms with Crippen molar-refractivity contribution in [3.63, 3.8) is 0 Å². The fourth-order valence-corrected chi connectivity index (χ4v) is 3.51. The maximum Gasteiger partial charge on any atom is 0.124 e. The summed E-state index contributed by atoms with van der Waals surface area (Å²) < 4.78 is 0. The van der Waals surface area contributed by atoms with E-state index in [1.54, 1.807) is 11.3 Å². The second kappa shape index (κ2) is 8.13. The Morgan fingerprint density at radius 3 is 2.75 bits per heavy atom. The minimum absolute atomic E-state index is 0.849. The molecule has 3 rings (SSSR count). The number of hydrogen-bond acceptors (Lipinski definition) is 5. The SMILES string of the molecule is CCc1cc(-c2nc(C)c(CNCCc3ccccn3)s2)ccn1. The van der Waals surface area contributed by atoms with Crippen LogP contribution in [0.15, 0.2) is 42.7 Å². The van der Waals surface area contributed by atoms with Gasteiger partial charge in [-0.2, -0.15) is 0 Å². The van der Waals surface area contributed by atoms with Crippen LogP contribution in [0.2, 0.25) is 0 Å². The molecule has 0 aromatic carbocycles. The van der Waals surface area contributed by atoms with E-state index in [1.807, 2.05) is 30.6 Å². The van der Waals surface area contributed by atoms with Crippen LogP contribution in [0.25, 0.3) is 10.6 Å². The van der Waals surface area contributed by atoms with Gasteiger partial charge in [0.05, 0.1) is 5.69 Å². The topological polar surface area (TPSA) is 50.7 Å². The van der Waals surface area contributed by atoms with Crippen LogP contribution in [0, 0.1) is 6.92 Å². The molecule has 24 heavy (non-hydrogen) atoms. The summed E-state index contributed by atoms with van der Waals surface area (Å²) in [6.45, 7) is 5.97. The van der Waals surface area contributed by atoms with Gasteiger partial charge in [-0.1, -0.05) is 13.0 Å². The summed E-state index contributed by atoms with van der Waals surface area (Å²) in [5.74, 6) is 0. The van der Waals surface area contributed by atoms with Crippen LogP contribution in [0.5, 0.6) is 0 Å². The number of rotatable bonds is 7. The molecule has 0 saturated heterocycles. The zero-order valence-electron chi connectivity index (χ0n) is 14.1. The highest BCUT2D eigenvalue weighted by molar-refractivity contribution is 7.15. The standard InChI is InChI=1S/C19H22N4S/c1-3-16-12-15(7-11-22-16)19-23-14(2)18(24-19)13-20-10-8-17-6-4-5-9-21-17/h4-7,9,11-12,20H,3,8,10,13H2,1-2H3. The third-order valence-electron chi connectivity index (χ3n) is 3.89. The first-order chi connectivity index (χ1) is 11.8. The van der Waals surface area contributed by atoms with Gasteiger partial charge in [0.1, 0.15) is 5.01 Å². The van der Waals surface area contributed by atoms with Crippen molar-refractivity contribution < 1.29 is 0 Å². The first kappa shape index (κ1) is 16.7. The highest BCUT2D eigenvalue weighted by Crippen LogP contribution is 2.28. The van der Waals surface area contributed by atoms with E-state index in [4.69, 9.17) is 4.98 Å². The fraction of sp³-hybridized carbons (Fsp3) is 0.316. The Bertz CT molecular complexity index is 783. The van der Waals surface area contributed by atoms with E-state index in [0.29, 0.717) is 0 Å². The maximum atomic E-state index is 4.73. The summed E-state index contributed by atoms with van der Waals surface area (Å²) in [6.07, 6.45) is 5.60. The molecule has 0 amide bonds. The van der Waals surface area contributed by atoms with E-state index in [9.17, 15) is 0 Å². The van der Waals surface area contributed by atoms with Crippen LogP contribution in [-0.2, 0) is 19.4 Å². The molecule has 124 valence electrons. The van der Waals surface area contributed by atoms with E-state index in [-0.39, 0.29) is 0 Å². The molecule has 0 radical (unpaired) electrons. The Labute approximate surface area is 147 Å². The van der Waals surface area contributed by atoms with E-state index in [2.05, 4.69) is 41.3 Å². The number of hydrogen-bond donors (Lipinski definition) is 1. The second-order valence-corrected chi connectivity index (χ2v) is 6.75. The van der Waals surface area contributed by atoms with Gasteiger partial charge in [0.2, 0.25) is 0 Å². The fourth-order valence-electron chi connectivity index (χ4n) is 2.48. The molecule has 0 spiro atoms. The number of nitrogens with zero attached hydrogens (tertiary/aromatic N) is 3. The lowest BCUT2D eigenvalue weighted by Gasteiger charge is -2.03. The summed E-state index contributed by atoms with van der Waals surface area (Å²) >= 11 is 1.76. The second-order valence-electron chi connectivity index (χ2n) is 5.66. The Hall–Kier alpha value is -2.11. The van der Waals surface area contributed by atoms with E-state index in [1.165, 1.54) is 4.88 Å². The average molecular weight is 338 g/mol. The molecular weight excluding hydrogens is 316 g/mol. The molecule has 0 unspecified atom stereocenters. The molecule has 3 aromatic heterocycles. The van der Waals surface area contributed by atoms with Crippen LogP contribution in [0.4, 0.5) is 0 Å². The lowest BCUT2D eigenvalue weighted by molar-refractivity contribution is 0.683. The van der Waals surface area contributed by atoms with Crippen LogP contribution >= 0.6 is 11.3 Å². The van der Waals surface area contributed by atoms with Crippen molar-refractivity contribution in [2.24, 2.45) is 0 Å². The van der Waals surface area contributed by atoms with E-state index >= 15 is 0 Å². The zero-order chi connectivity index (χ0) is 16.8. The Morgan fingerprint density at radius 2 is 1.96 bits per heavy atom. The van der Waals surface area contributed by atoms with Crippen molar-refractivity contribution in [1.29, 1.82) is 0 Å². The molecule has 4 nitrogen and oxygen atoms in total. The molecular formula is C19H22N4S. The maximum absolute atomic E-state index is 4.73. The number of aryl methyl sites for hydroxylation is 2. The number of aromatic nitrogens is 3. The van der Waals surface area contributed by atoms with E-state index < -0.39 is 0 Å². The first-order valence-electron chi connectivity index (χ1n) is 8.28. The third-order valence-corrected chi connectivity index (χ3v) is 5.09. The average Bonchev–Trinajstić information content (AvgIpc) is 3.00. The lowest BCUT2D eigenvalue weighted by atomic mass is 10.2. The van der Waals surface area contributed by atoms with Crippen molar-refractivity contribution in [2.45, 2.75) is 33.2 Å². The summed E-state index contributed by atoms with van der Waals surface area (Å²) in [7, 11) is 0. The van der Waals surface area contributed by atoms with E-state index in [0.717, 1.165) is 53.6 Å². The minimum atomic E-state index is 0.849. The van der Waals surface area contributed by atoms with Gasteiger partial charge in [0, 0.05) is 53.7 Å². The number of thiazole rings is 1. The molecule has 0 atom stereocenters. The van der Waals surface area contributed by atoms with Crippen LogP contribution in [-0.4, -0.2) is 21.5 Å². The Kier molecular flexibility index (Phi) is 5.67. The molecule has 3 heterocycles. The molecule has 5 heteroatoms. The van der Waals surface area contributed by atoms with Gasteiger partial charge in [0.25, 0.3) is 0 Å². The monoisotopic (exact) mass is 338 g/mol. The number of nitrogens with one attached hydrogen (secondary N) is 1. The van der Waals surface area contributed by atoms with Gasteiger partial charge in [-0.05, 0) is 37.6 Å². The van der Waals surface area contributed by atoms with Gasteiger partial charge in [-0.25, -0.2) is 4.98 Å². The number of pyridine rings is 2. The van der Waals surface area contributed by atoms with Crippen molar-refractivity contribution >= 4 is 11.3 Å². The minimum Gasteiger partial charge on any atom is -0.311 e. The highest BCUT2D eigenvalue weighted by Gasteiger charge is 2.10. The van der Waals surface area contributed by atoms with Crippen molar-refractivity contribution in [1.82, 2.24) is 20.3 Å². The Morgan fingerprint density at radius 1 is 1.08 bits per heavy atom. The molecule has 0 aliphatic carbocycles. The van der Waals surface area contributed by atoms with Gasteiger partial charge in [-0.3, -0.25) is 9.97 Å². The van der Waals surface area contributed by atoms with Crippen molar-refractivity contribution in [2.75, 3.05) is 6.54 Å². The molecule has 0 aliphatic heterocycles. The lowest BCUT2D eigenvalue weighted by Crippen LogP contribution is -2.16. The highest BCUT2D eigenvalue weighted by atomic mass is 32.1. The van der Waals surface area contributed by atoms with Crippen LogP contribution in [0.3, 0.4) is 0 Å². The Balaban J connectivity index is 1.59. The summed E-state index contributed by atoms with van der Waals surface area (Å²) in [6, 6.07) is 10.2. The van der Waals surface area contributed by atoms with Crippen LogP contribution in [0.1, 0.15) is 28.9 Å². The molecule has 0 aliphatic rings.